The molecular formula is C14H20BrCl3N2O. The predicted molar refractivity (Wildman–Crippen MR) is 97.3 cm³/mol. The van der Waals surface area contributed by atoms with E-state index in [1.165, 1.54) is 0 Å². The molecule has 1 saturated heterocycles. The van der Waals surface area contributed by atoms with Gasteiger partial charge >= 0.3 is 0 Å². The Hall–Kier alpha value is 0.0300. The topological polar surface area (TPSA) is 35.5 Å². The molecule has 0 unspecified atom stereocenters. The number of phenols is 1. The minimum atomic E-state index is 0. The Labute approximate surface area is 151 Å². The number of phenolic OH excluding ortho intramolecular Hbond substituents is 1. The molecular weight excluding hydrogens is 398 g/mol. The molecule has 1 fully saturated rings. The van der Waals surface area contributed by atoms with Gasteiger partial charge in [0.15, 0.2) is 0 Å². The van der Waals surface area contributed by atoms with Crippen LogP contribution in [0.25, 0.3) is 0 Å². The van der Waals surface area contributed by atoms with Crippen LogP contribution in [0.2, 0.25) is 5.02 Å². The second-order valence-electron chi connectivity index (χ2n) is 4.63. The van der Waals surface area contributed by atoms with Gasteiger partial charge in [0.2, 0.25) is 0 Å². The standard InChI is InChI=1S/C14H18BrClN2O.2ClH/c1-2-3-12(18-8-6-17-7-9-18)10-4-5-11(16)13(15)14(10)19;;/h2,4-5,12,17,19H,1,3,6-9H2;2*1H/t12-;;/m0../s1. The summed E-state index contributed by atoms with van der Waals surface area (Å²) in [5.41, 5.74) is 0.901. The summed E-state index contributed by atoms with van der Waals surface area (Å²) >= 11 is 9.34. The lowest BCUT2D eigenvalue weighted by atomic mass is 10.00. The zero-order chi connectivity index (χ0) is 13.8. The van der Waals surface area contributed by atoms with E-state index >= 15 is 0 Å². The van der Waals surface area contributed by atoms with Crippen LogP contribution in [0, 0.1) is 0 Å². The SMILES string of the molecule is C=CC[C@@H](c1ccc(Cl)c(Br)c1O)N1CCNCC1.Cl.Cl. The molecule has 7 heteroatoms. The minimum Gasteiger partial charge on any atom is -0.506 e. The van der Waals surface area contributed by atoms with E-state index in [9.17, 15) is 5.11 Å². The summed E-state index contributed by atoms with van der Waals surface area (Å²) < 4.78 is 0.566. The lowest BCUT2D eigenvalue weighted by molar-refractivity contribution is 0.172. The first-order valence-corrected chi connectivity index (χ1v) is 7.54. The average Bonchev–Trinajstić information content (AvgIpc) is 2.44. The molecule has 1 aliphatic heterocycles. The third-order valence-electron chi connectivity index (χ3n) is 3.44. The molecule has 2 rings (SSSR count). The molecule has 1 aliphatic rings. The summed E-state index contributed by atoms with van der Waals surface area (Å²) in [4.78, 5) is 2.37. The summed E-state index contributed by atoms with van der Waals surface area (Å²) in [7, 11) is 0. The predicted octanol–water partition coefficient (Wildman–Crippen LogP) is 4.17. The van der Waals surface area contributed by atoms with Crippen LogP contribution < -0.4 is 5.32 Å². The van der Waals surface area contributed by atoms with E-state index in [1.54, 1.807) is 0 Å². The van der Waals surface area contributed by atoms with Crippen LogP contribution >= 0.6 is 52.3 Å². The Morgan fingerprint density at radius 2 is 2.00 bits per heavy atom. The molecule has 0 aromatic heterocycles. The highest BCUT2D eigenvalue weighted by molar-refractivity contribution is 9.10. The van der Waals surface area contributed by atoms with Gasteiger partial charge in [-0.15, -0.1) is 31.4 Å². The monoisotopic (exact) mass is 416 g/mol. The molecule has 21 heavy (non-hydrogen) atoms. The molecule has 3 nitrogen and oxygen atoms in total. The van der Waals surface area contributed by atoms with Crippen molar-refractivity contribution < 1.29 is 5.11 Å². The fourth-order valence-corrected chi connectivity index (χ4v) is 2.96. The third-order valence-corrected chi connectivity index (χ3v) is 4.79. The third kappa shape index (κ3) is 5.02. The van der Waals surface area contributed by atoms with Gasteiger partial charge in [-0.3, -0.25) is 4.90 Å². The smallest absolute Gasteiger partial charge is 0.136 e. The van der Waals surface area contributed by atoms with Gasteiger partial charge < -0.3 is 10.4 Å². The number of halogens is 4. The van der Waals surface area contributed by atoms with Crippen molar-refractivity contribution in [2.24, 2.45) is 0 Å². The summed E-state index contributed by atoms with van der Waals surface area (Å²) in [5.74, 6) is 0.234. The molecule has 120 valence electrons. The Morgan fingerprint density at radius 3 is 2.57 bits per heavy atom. The zero-order valence-electron chi connectivity index (χ0n) is 11.5. The number of hydrogen-bond acceptors (Lipinski definition) is 3. The maximum Gasteiger partial charge on any atom is 0.136 e. The van der Waals surface area contributed by atoms with Gasteiger partial charge in [-0.25, -0.2) is 0 Å². The highest BCUT2D eigenvalue weighted by Gasteiger charge is 2.24. The van der Waals surface area contributed by atoms with E-state index in [-0.39, 0.29) is 36.6 Å². The summed E-state index contributed by atoms with van der Waals surface area (Å²) in [5, 5.41) is 14.2. The van der Waals surface area contributed by atoms with Crippen molar-refractivity contribution in [3.8, 4) is 5.75 Å². The van der Waals surface area contributed by atoms with Gasteiger partial charge in [0.1, 0.15) is 5.75 Å². The largest absolute Gasteiger partial charge is 0.506 e. The van der Waals surface area contributed by atoms with Crippen molar-refractivity contribution >= 4 is 52.3 Å². The molecule has 1 aromatic rings. The summed E-state index contributed by atoms with van der Waals surface area (Å²) in [6, 6.07) is 3.87. The number of hydrogen-bond donors (Lipinski definition) is 2. The molecule has 2 N–H and O–H groups in total. The number of aromatic hydroxyl groups is 1. The number of rotatable bonds is 4. The van der Waals surface area contributed by atoms with Crippen LogP contribution in [0.1, 0.15) is 18.0 Å². The van der Waals surface area contributed by atoms with Gasteiger partial charge in [0.25, 0.3) is 0 Å². The molecule has 0 aliphatic carbocycles. The molecule has 0 saturated carbocycles. The van der Waals surface area contributed by atoms with Gasteiger partial charge in [0.05, 0.1) is 9.50 Å². The number of benzene rings is 1. The second-order valence-corrected chi connectivity index (χ2v) is 5.83. The average molecular weight is 419 g/mol. The van der Waals surface area contributed by atoms with Gasteiger partial charge in [-0.2, -0.15) is 0 Å². The zero-order valence-corrected chi connectivity index (χ0v) is 15.5. The molecule has 0 bridgehead atoms. The van der Waals surface area contributed by atoms with Crippen LogP contribution in [0.15, 0.2) is 29.3 Å². The molecule has 1 aromatic carbocycles. The lowest BCUT2D eigenvalue weighted by Crippen LogP contribution is -2.45. The van der Waals surface area contributed by atoms with Crippen molar-refractivity contribution in [3.05, 3.63) is 39.8 Å². The fraction of sp³-hybridized carbons (Fsp3) is 0.429. The maximum absolute atomic E-state index is 10.3. The molecule has 1 atom stereocenters. The van der Waals surface area contributed by atoms with Crippen molar-refractivity contribution in [1.82, 2.24) is 10.2 Å². The van der Waals surface area contributed by atoms with Crippen LogP contribution in [0.4, 0.5) is 0 Å². The number of piperazine rings is 1. The second kappa shape index (κ2) is 9.93. The molecule has 0 spiro atoms. The van der Waals surface area contributed by atoms with Crippen molar-refractivity contribution in [2.75, 3.05) is 26.2 Å². The summed E-state index contributed by atoms with van der Waals surface area (Å²) in [6.45, 7) is 7.72. The van der Waals surface area contributed by atoms with Crippen LogP contribution in [0.5, 0.6) is 5.75 Å². The Kier molecular flexibility index (Phi) is 9.94. The van der Waals surface area contributed by atoms with E-state index in [1.807, 2.05) is 18.2 Å². The Morgan fingerprint density at radius 1 is 1.38 bits per heavy atom. The van der Waals surface area contributed by atoms with Gasteiger partial charge in [0, 0.05) is 37.8 Å². The van der Waals surface area contributed by atoms with E-state index in [0.717, 1.165) is 38.2 Å². The van der Waals surface area contributed by atoms with E-state index < -0.39 is 0 Å². The molecule has 0 amide bonds. The highest BCUT2D eigenvalue weighted by Crippen LogP contribution is 2.40. The molecule has 1 heterocycles. The van der Waals surface area contributed by atoms with Crippen molar-refractivity contribution in [3.63, 3.8) is 0 Å². The lowest BCUT2D eigenvalue weighted by Gasteiger charge is -2.35. The first kappa shape index (κ1) is 21.0. The number of nitrogens with zero attached hydrogens (tertiary/aromatic N) is 1. The first-order chi connectivity index (χ1) is 9.15. The van der Waals surface area contributed by atoms with Crippen molar-refractivity contribution in [2.45, 2.75) is 12.5 Å². The van der Waals surface area contributed by atoms with Gasteiger partial charge in [-0.05, 0) is 28.4 Å². The Bertz CT molecular complexity index is 468. The maximum atomic E-state index is 10.3. The van der Waals surface area contributed by atoms with E-state index in [2.05, 4.69) is 32.7 Å². The molecule has 0 radical (unpaired) electrons. The highest BCUT2D eigenvalue weighted by atomic mass is 79.9. The minimum absolute atomic E-state index is 0. The van der Waals surface area contributed by atoms with Crippen LogP contribution in [-0.4, -0.2) is 36.2 Å². The van der Waals surface area contributed by atoms with Crippen LogP contribution in [-0.2, 0) is 0 Å². The quantitative estimate of drug-likeness (QED) is 0.721. The fourth-order valence-electron chi connectivity index (χ4n) is 2.45. The van der Waals surface area contributed by atoms with Crippen molar-refractivity contribution in [1.29, 1.82) is 0 Å². The normalized spacial score (nSPS) is 16.5. The Balaban J connectivity index is 0.00000200. The number of nitrogens with one attached hydrogen (secondary N) is 1. The first-order valence-electron chi connectivity index (χ1n) is 6.37. The van der Waals surface area contributed by atoms with Gasteiger partial charge in [-0.1, -0.05) is 23.7 Å². The van der Waals surface area contributed by atoms with E-state index in [0.29, 0.717) is 9.50 Å². The van der Waals surface area contributed by atoms with E-state index in [4.69, 9.17) is 11.6 Å². The summed E-state index contributed by atoms with van der Waals surface area (Å²) in [6.07, 6.45) is 2.70. The van der Waals surface area contributed by atoms with Crippen LogP contribution in [0.3, 0.4) is 0 Å².